The second kappa shape index (κ2) is 10.9. The Morgan fingerprint density at radius 1 is 0.815 bits per heavy atom. The average molecular weight is 377 g/mol. The molecule has 0 aliphatic rings. The van der Waals surface area contributed by atoms with E-state index in [0.717, 1.165) is 5.56 Å². The Morgan fingerprint density at radius 2 is 1.37 bits per heavy atom. The summed E-state index contributed by atoms with van der Waals surface area (Å²) in [7, 11) is 0. The average Bonchev–Trinajstić information content (AvgIpc) is 2.73. The Morgan fingerprint density at radius 3 is 1.93 bits per heavy atom. The van der Waals surface area contributed by atoms with Crippen LogP contribution in [-0.4, -0.2) is 65.0 Å². The number of rotatable bonds is 12. The lowest BCUT2D eigenvalue weighted by molar-refractivity contribution is 0.0260. The van der Waals surface area contributed by atoms with Gasteiger partial charge in [0, 0.05) is 6.54 Å². The summed E-state index contributed by atoms with van der Waals surface area (Å²) in [4.78, 5) is 0. The topological polar surface area (TPSA) is 111 Å². The van der Waals surface area contributed by atoms with Gasteiger partial charge in [0.25, 0.3) is 0 Å². The molecule has 0 bridgehead atoms. The second-order valence-electron chi connectivity index (χ2n) is 6.35. The van der Waals surface area contributed by atoms with Gasteiger partial charge in [-0.2, -0.15) is 0 Å². The van der Waals surface area contributed by atoms with Crippen LogP contribution in [0.1, 0.15) is 5.56 Å². The van der Waals surface area contributed by atoms with Crippen LogP contribution in [0.2, 0.25) is 0 Å². The number of nitrogens with one attached hydrogen (secondary N) is 1. The van der Waals surface area contributed by atoms with Gasteiger partial charge in [-0.25, -0.2) is 0 Å². The zero-order valence-corrected chi connectivity index (χ0v) is 15.1. The molecule has 7 heteroatoms. The third kappa shape index (κ3) is 6.82. The maximum atomic E-state index is 9.97. The lowest BCUT2D eigenvalue weighted by atomic mass is 10.0. The fraction of sp³-hybridized carbons (Fsp3) is 0.400. The fourth-order valence-corrected chi connectivity index (χ4v) is 2.28. The van der Waals surface area contributed by atoms with Crippen LogP contribution in [0, 0.1) is 0 Å². The summed E-state index contributed by atoms with van der Waals surface area (Å²) < 4.78 is 11.2. The molecule has 0 radical (unpaired) electrons. The van der Waals surface area contributed by atoms with Crippen LogP contribution in [0.25, 0.3) is 0 Å². The van der Waals surface area contributed by atoms with E-state index in [0.29, 0.717) is 18.1 Å². The third-order valence-corrected chi connectivity index (χ3v) is 4.14. The molecule has 2 aromatic rings. The molecule has 0 spiro atoms. The van der Waals surface area contributed by atoms with Gasteiger partial charge in [0.1, 0.15) is 30.8 Å². The Balaban J connectivity index is 1.74. The van der Waals surface area contributed by atoms with Crippen molar-refractivity contribution >= 4 is 0 Å². The highest BCUT2D eigenvalue weighted by molar-refractivity contribution is 5.31. The highest BCUT2D eigenvalue weighted by Crippen LogP contribution is 2.19. The van der Waals surface area contributed by atoms with Gasteiger partial charge in [0.05, 0.1) is 25.4 Å². The lowest BCUT2D eigenvalue weighted by Crippen LogP contribution is -2.57. The summed E-state index contributed by atoms with van der Waals surface area (Å²) in [6.07, 6.45) is -0.872. The van der Waals surface area contributed by atoms with Gasteiger partial charge in [0.2, 0.25) is 0 Å². The molecule has 27 heavy (non-hydrogen) atoms. The molecule has 7 nitrogen and oxygen atoms in total. The van der Waals surface area contributed by atoms with Gasteiger partial charge in [-0.15, -0.1) is 0 Å². The number of aliphatic hydroxyl groups is 4. The zero-order chi connectivity index (χ0) is 19.5. The van der Waals surface area contributed by atoms with E-state index in [4.69, 9.17) is 9.47 Å². The van der Waals surface area contributed by atoms with E-state index in [1.165, 1.54) is 0 Å². The van der Waals surface area contributed by atoms with Gasteiger partial charge in [0.15, 0.2) is 0 Å². The van der Waals surface area contributed by atoms with Crippen LogP contribution in [0.3, 0.4) is 0 Å². The second-order valence-corrected chi connectivity index (χ2v) is 6.35. The van der Waals surface area contributed by atoms with E-state index in [9.17, 15) is 20.4 Å². The highest BCUT2D eigenvalue weighted by atomic mass is 16.5. The molecule has 0 heterocycles. The van der Waals surface area contributed by atoms with Crippen LogP contribution >= 0.6 is 0 Å². The summed E-state index contributed by atoms with van der Waals surface area (Å²) >= 11 is 0. The van der Waals surface area contributed by atoms with Crippen LogP contribution in [0.5, 0.6) is 11.5 Å². The van der Waals surface area contributed by atoms with Crippen molar-refractivity contribution in [3.8, 4) is 11.5 Å². The first kappa shape index (κ1) is 21.1. The van der Waals surface area contributed by atoms with Crippen molar-refractivity contribution in [3.63, 3.8) is 0 Å². The van der Waals surface area contributed by atoms with Gasteiger partial charge in [-0.3, -0.25) is 0 Å². The van der Waals surface area contributed by atoms with E-state index >= 15 is 0 Å². The molecular weight excluding hydrogens is 350 g/mol. The minimum Gasteiger partial charge on any atom is -0.491 e. The number of ether oxygens (including phenoxy) is 2. The molecule has 148 valence electrons. The van der Waals surface area contributed by atoms with Crippen LogP contribution in [0.15, 0.2) is 54.6 Å². The van der Waals surface area contributed by atoms with Gasteiger partial charge in [-0.1, -0.05) is 30.3 Å². The smallest absolute Gasteiger partial charge is 0.120 e. The fourth-order valence-electron chi connectivity index (χ4n) is 2.28. The molecule has 0 fully saturated rings. The first-order valence-electron chi connectivity index (χ1n) is 8.76. The molecule has 2 aromatic carbocycles. The zero-order valence-electron chi connectivity index (χ0n) is 15.1. The van der Waals surface area contributed by atoms with E-state index in [1.54, 1.807) is 24.3 Å². The van der Waals surface area contributed by atoms with Gasteiger partial charge < -0.3 is 35.2 Å². The Bertz CT molecular complexity index is 637. The molecule has 1 unspecified atom stereocenters. The number of benzene rings is 2. The normalized spacial score (nSPS) is 12.6. The Hall–Kier alpha value is -2.16. The monoisotopic (exact) mass is 377 g/mol. The minimum atomic E-state index is -1.22. The Labute approximate surface area is 158 Å². The quantitative estimate of drug-likeness (QED) is 0.362. The summed E-state index contributed by atoms with van der Waals surface area (Å²) in [6, 6.07) is 16.9. The van der Waals surface area contributed by atoms with Crippen molar-refractivity contribution in [1.82, 2.24) is 5.32 Å². The molecule has 0 aliphatic carbocycles. The highest BCUT2D eigenvalue weighted by Gasteiger charge is 2.28. The van der Waals surface area contributed by atoms with Crippen LogP contribution in [0.4, 0.5) is 0 Å². The molecule has 1 atom stereocenters. The van der Waals surface area contributed by atoms with E-state index in [2.05, 4.69) is 5.32 Å². The lowest BCUT2D eigenvalue weighted by Gasteiger charge is -2.29. The van der Waals surface area contributed by atoms with Crippen molar-refractivity contribution in [3.05, 3.63) is 60.2 Å². The number of β-amino-alcohol motifs (C(OH)–C–C–N with tert-alkyl or cyclic N) is 1. The first-order chi connectivity index (χ1) is 13.1. The van der Waals surface area contributed by atoms with E-state index in [1.807, 2.05) is 30.3 Å². The molecule has 0 saturated heterocycles. The maximum Gasteiger partial charge on any atom is 0.120 e. The van der Waals surface area contributed by atoms with Crippen molar-refractivity contribution in [1.29, 1.82) is 0 Å². The molecule has 0 amide bonds. The van der Waals surface area contributed by atoms with Crippen molar-refractivity contribution in [2.45, 2.75) is 18.2 Å². The molecule has 0 saturated carbocycles. The predicted octanol–water partition coefficient (Wildman–Crippen LogP) is 0.311. The molecule has 2 rings (SSSR count). The van der Waals surface area contributed by atoms with Crippen LogP contribution in [-0.2, 0) is 6.61 Å². The first-order valence-corrected chi connectivity index (χ1v) is 8.76. The molecular formula is C20H27NO6. The van der Waals surface area contributed by atoms with Crippen molar-refractivity contribution < 1.29 is 29.9 Å². The van der Waals surface area contributed by atoms with Gasteiger partial charge >= 0.3 is 0 Å². The number of hydrogen-bond acceptors (Lipinski definition) is 7. The molecule has 5 N–H and O–H groups in total. The van der Waals surface area contributed by atoms with Crippen molar-refractivity contribution in [2.75, 3.05) is 33.0 Å². The summed E-state index contributed by atoms with van der Waals surface area (Å²) in [5.41, 5.74) is -0.142. The molecule has 0 aliphatic heterocycles. The number of aliphatic hydroxyl groups excluding tert-OH is 4. The Kier molecular flexibility index (Phi) is 8.50. The van der Waals surface area contributed by atoms with E-state index < -0.39 is 31.5 Å². The van der Waals surface area contributed by atoms with Gasteiger partial charge in [-0.05, 0) is 29.8 Å². The SMILES string of the molecule is OCC(CO)(CO)NCC(O)COc1ccc(OCc2ccccc2)cc1. The molecule has 0 aromatic heterocycles. The van der Waals surface area contributed by atoms with Crippen LogP contribution < -0.4 is 14.8 Å². The maximum absolute atomic E-state index is 9.97. The summed E-state index contributed by atoms with van der Waals surface area (Å²) in [5, 5.41) is 40.4. The summed E-state index contributed by atoms with van der Waals surface area (Å²) in [6.45, 7) is -0.780. The third-order valence-electron chi connectivity index (χ3n) is 4.14. The standard InChI is InChI=1S/C20H27NO6/c22-13-20(14-23,15-24)21-10-17(25)12-27-19-8-6-18(7-9-19)26-11-16-4-2-1-3-5-16/h1-9,17,21-25H,10-15H2. The summed E-state index contributed by atoms with van der Waals surface area (Å²) in [5.74, 6) is 1.30. The van der Waals surface area contributed by atoms with E-state index in [-0.39, 0.29) is 13.2 Å². The van der Waals surface area contributed by atoms with Crippen molar-refractivity contribution in [2.24, 2.45) is 0 Å². The predicted molar refractivity (Wildman–Crippen MR) is 101 cm³/mol. The largest absolute Gasteiger partial charge is 0.491 e. The minimum absolute atomic E-state index is 0.0234. The number of hydrogen-bond donors (Lipinski definition) is 5.